The van der Waals surface area contributed by atoms with Crippen LogP contribution in [0, 0.1) is 0 Å². The molecule has 0 bridgehead atoms. The molecule has 1 N–H and O–H groups in total. The van der Waals surface area contributed by atoms with Gasteiger partial charge in [0.1, 0.15) is 5.75 Å². The van der Waals surface area contributed by atoms with Crippen LogP contribution in [0.5, 0.6) is 5.75 Å². The fourth-order valence-corrected chi connectivity index (χ4v) is 3.74. The van der Waals surface area contributed by atoms with Crippen molar-refractivity contribution >= 4 is 35.0 Å². The maximum atomic E-state index is 8.82. The van der Waals surface area contributed by atoms with E-state index >= 15 is 0 Å². The Kier molecular flexibility index (Phi) is 7.58. The third kappa shape index (κ3) is 4.98. The van der Waals surface area contributed by atoms with E-state index in [0.29, 0.717) is 45.7 Å². The first-order chi connectivity index (χ1) is 13.6. The Morgan fingerprint density at radius 3 is 2.64 bits per heavy atom. The van der Waals surface area contributed by atoms with Crippen molar-refractivity contribution in [2.24, 2.45) is 0 Å². The molecule has 0 fully saturated rings. The van der Waals surface area contributed by atoms with Gasteiger partial charge in [-0.2, -0.15) is 0 Å². The molecule has 0 unspecified atom stereocenters. The minimum atomic E-state index is -0.000519. The van der Waals surface area contributed by atoms with Crippen LogP contribution in [0.15, 0.2) is 47.6 Å². The number of rotatable bonds is 9. The Labute approximate surface area is 177 Å². The fourth-order valence-electron chi connectivity index (χ4n) is 2.59. The molecule has 0 radical (unpaired) electrons. The summed E-state index contributed by atoms with van der Waals surface area (Å²) in [6, 6.07) is 12.8. The summed E-state index contributed by atoms with van der Waals surface area (Å²) < 4.78 is 12.8. The Morgan fingerprint density at radius 2 is 1.89 bits per heavy atom. The molecule has 0 atom stereocenters. The van der Waals surface area contributed by atoms with Gasteiger partial charge >= 0.3 is 0 Å². The minimum absolute atomic E-state index is 0.000519. The number of thioether (sulfide) groups is 1. The highest BCUT2D eigenvalue weighted by atomic mass is 35.5. The molecule has 0 spiro atoms. The second kappa shape index (κ2) is 10.1. The lowest BCUT2D eigenvalue weighted by Gasteiger charge is -2.14. The summed E-state index contributed by atoms with van der Waals surface area (Å²) in [5.41, 5.74) is 1.55. The number of halogens is 2. The molecule has 0 saturated heterocycles. The van der Waals surface area contributed by atoms with Crippen molar-refractivity contribution < 1.29 is 14.6 Å². The fraction of sp³-hybridized carbons (Fsp3) is 0.263. The van der Waals surface area contributed by atoms with E-state index in [1.165, 1.54) is 11.8 Å². The van der Waals surface area contributed by atoms with Crippen molar-refractivity contribution in [3.05, 3.63) is 52.5 Å². The zero-order valence-electron chi connectivity index (χ0n) is 15.1. The number of ether oxygens (including phenoxy) is 2. The molecule has 3 aromatic rings. The van der Waals surface area contributed by atoms with Crippen LogP contribution in [0.25, 0.3) is 17.1 Å². The SMILES string of the molecule is COc1ccc(Cl)cc1-n1c(SCCOCCO)nnc1-c1cccc(Cl)c1. The lowest BCUT2D eigenvalue weighted by molar-refractivity contribution is 0.103. The van der Waals surface area contributed by atoms with E-state index in [1.807, 2.05) is 28.8 Å². The average molecular weight is 440 g/mol. The lowest BCUT2D eigenvalue weighted by atomic mass is 10.2. The van der Waals surface area contributed by atoms with E-state index in [0.717, 1.165) is 11.3 Å². The van der Waals surface area contributed by atoms with Gasteiger partial charge in [0.15, 0.2) is 11.0 Å². The number of aromatic nitrogens is 3. The Hall–Kier alpha value is -1.77. The zero-order chi connectivity index (χ0) is 19.9. The van der Waals surface area contributed by atoms with Crippen LogP contribution in [0.2, 0.25) is 10.0 Å². The minimum Gasteiger partial charge on any atom is -0.495 e. The van der Waals surface area contributed by atoms with E-state index in [2.05, 4.69) is 10.2 Å². The predicted octanol–water partition coefficient (Wildman–Crippen LogP) is 4.35. The smallest absolute Gasteiger partial charge is 0.196 e. The molecule has 6 nitrogen and oxygen atoms in total. The van der Waals surface area contributed by atoms with Gasteiger partial charge in [-0.1, -0.05) is 47.1 Å². The van der Waals surface area contributed by atoms with Gasteiger partial charge in [-0.25, -0.2) is 0 Å². The third-order valence-corrected chi connectivity index (χ3v) is 5.16. The molecule has 2 aromatic carbocycles. The van der Waals surface area contributed by atoms with Gasteiger partial charge < -0.3 is 14.6 Å². The molecule has 9 heteroatoms. The van der Waals surface area contributed by atoms with Crippen molar-refractivity contribution in [1.29, 1.82) is 0 Å². The van der Waals surface area contributed by atoms with Crippen molar-refractivity contribution in [1.82, 2.24) is 14.8 Å². The molecule has 0 aliphatic heterocycles. The van der Waals surface area contributed by atoms with Crippen LogP contribution >= 0.6 is 35.0 Å². The van der Waals surface area contributed by atoms with E-state index in [-0.39, 0.29) is 6.61 Å². The van der Waals surface area contributed by atoms with Crippen LogP contribution in [0.1, 0.15) is 0 Å². The van der Waals surface area contributed by atoms with Crippen LogP contribution in [0.4, 0.5) is 0 Å². The Morgan fingerprint density at radius 1 is 1.07 bits per heavy atom. The highest BCUT2D eigenvalue weighted by molar-refractivity contribution is 7.99. The first-order valence-corrected chi connectivity index (χ1v) is 10.2. The quantitative estimate of drug-likeness (QED) is 0.394. The van der Waals surface area contributed by atoms with Crippen LogP contribution in [0.3, 0.4) is 0 Å². The van der Waals surface area contributed by atoms with Gasteiger partial charge in [0.05, 0.1) is 32.6 Å². The zero-order valence-corrected chi connectivity index (χ0v) is 17.5. The highest BCUT2D eigenvalue weighted by Crippen LogP contribution is 2.34. The molecule has 1 aromatic heterocycles. The molecule has 0 aliphatic carbocycles. The first-order valence-electron chi connectivity index (χ1n) is 8.50. The molecule has 0 saturated carbocycles. The molecule has 1 heterocycles. The van der Waals surface area contributed by atoms with Gasteiger partial charge in [-0.3, -0.25) is 4.57 Å². The number of methoxy groups -OCH3 is 1. The van der Waals surface area contributed by atoms with Gasteiger partial charge in [0, 0.05) is 21.4 Å². The number of hydrogen-bond donors (Lipinski definition) is 1. The monoisotopic (exact) mass is 439 g/mol. The summed E-state index contributed by atoms with van der Waals surface area (Å²) in [5.74, 6) is 1.92. The second-order valence-electron chi connectivity index (χ2n) is 5.65. The summed E-state index contributed by atoms with van der Waals surface area (Å²) >= 11 is 13.9. The maximum Gasteiger partial charge on any atom is 0.196 e. The van der Waals surface area contributed by atoms with Crippen LogP contribution in [-0.2, 0) is 4.74 Å². The van der Waals surface area contributed by atoms with Crippen LogP contribution < -0.4 is 4.74 Å². The van der Waals surface area contributed by atoms with E-state index in [9.17, 15) is 0 Å². The number of aliphatic hydroxyl groups is 1. The van der Waals surface area contributed by atoms with Gasteiger partial charge in [-0.15, -0.1) is 10.2 Å². The van der Waals surface area contributed by atoms with Gasteiger partial charge in [-0.05, 0) is 30.3 Å². The average Bonchev–Trinajstić information content (AvgIpc) is 3.11. The molecule has 0 amide bonds. The molecular formula is C19H19Cl2N3O3S. The Balaban J connectivity index is 2.03. The number of hydrogen-bond acceptors (Lipinski definition) is 6. The highest BCUT2D eigenvalue weighted by Gasteiger charge is 2.19. The van der Waals surface area contributed by atoms with E-state index in [1.54, 1.807) is 25.3 Å². The first kappa shape index (κ1) is 21.0. The van der Waals surface area contributed by atoms with Gasteiger partial charge in [0.25, 0.3) is 0 Å². The summed E-state index contributed by atoms with van der Waals surface area (Å²) in [7, 11) is 1.60. The third-order valence-electron chi connectivity index (χ3n) is 3.79. The molecule has 148 valence electrons. The topological polar surface area (TPSA) is 69.4 Å². The van der Waals surface area contributed by atoms with Crippen molar-refractivity contribution in [2.45, 2.75) is 5.16 Å². The standard InChI is InChI=1S/C19H19Cl2N3O3S/c1-26-17-6-5-15(21)12-16(17)24-18(13-3-2-4-14(20)11-13)22-23-19(24)28-10-9-27-8-7-25/h2-6,11-12,25H,7-10H2,1H3. The summed E-state index contributed by atoms with van der Waals surface area (Å²) in [5, 5.41) is 19.4. The number of benzene rings is 2. The summed E-state index contributed by atoms with van der Waals surface area (Å²) in [4.78, 5) is 0. The lowest BCUT2D eigenvalue weighted by Crippen LogP contribution is -2.05. The van der Waals surface area contributed by atoms with Crippen molar-refractivity contribution in [2.75, 3.05) is 32.7 Å². The summed E-state index contributed by atoms with van der Waals surface area (Å²) in [6.07, 6.45) is 0. The predicted molar refractivity (Wildman–Crippen MR) is 112 cm³/mol. The molecule has 28 heavy (non-hydrogen) atoms. The number of nitrogens with zero attached hydrogens (tertiary/aromatic N) is 3. The maximum absolute atomic E-state index is 8.82. The molecular weight excluding hydrogens is 421 g/mol. The molecule has 3 rings (SSSR count). The summed E-state index contributed by atoms with van der Waals surface area (Å²) in [6.45, 7) is 0.792. The Bertz CT molecular complexity index is 937. The number of aliphatic hydroxyl groups excluding tert-OH is 1. The largest absolute Gasteiger partial charge is 0.495 e. The van der Waals surface area contributed by atoms with Gasteiger partial charge in [0.2, 0.25) is 0 Å². The van der Waals surface area contributed by atoms with E-state index < -0.39 is 0 Å². The second-order valence-corrected chi connectivity index (χ2v) is 7.59. The normalized spacial score (nSPS) is 11.0. The van der Waals surface area contributed by atoms with Crippen molar-refractivity contribution in [3.63, 3.8) is 0 Å². The van der Waals surface area contributed by atoms with Crippen LogP contribution in [-0.4, -0.2) is 52.6 Å². The van der Waals surface area contributed by atoms with Crippen molar-refractivity contribution in [3.8, 4) is 22.8 Å². The van der Waals surface area contributed by atoms with E-state index in [4.69, 9.17) is 37.8 Å². The molecule has 0 aliphatic rings.